The quantitative estimate of drug-likeness (QED) is 0.213. The predicted octanol–water partition coefficient (Wildman–Crippen LogP) is -1.37. The fourth-order valence-corrected chi connectivity index (χ4v) is 2.54. The average molecular weight is 378 g/mol. The van der Waals surface area contributed by atoms with Crippen LogP contribution in [0.5, 0.6) is 0 Å². The zero-order chi connectivity index (χ0) is 19.4. The molecular formula is C15H30N4O5S. The molecule has 0 aliphatic carbocycles. The minimum atomic E-state index is -1.44. The number of rotatable bonds is 13. The number of nitrogens with one attached hydrogen (secondary N) is 2. The van der Waals surface area contributed by atoms with Gasteiger partial charge in [-0.2, -0.15) is 11.8 Å². The van der Waals surface area contributed by atoms with Crippen LogP contribution in [0.1, 0.15) is 32.6 Å². The Morgan fingerprint density at radius 2 is 1.76 bits per heavy atom. The van der Waals surface area contributed by atoms with E-state index >= 15 is 0 Å². The highest BCUT2D eigenvalue weighted by Gasteiger charge is 2.30. The molecule has 8 N–H and O–H groups in total. The maximum Gasteiger partial charge on any atom is 0.328 e. The highest BCUT2D eigenvalue weighted by molar-refractivity contribution is 7.98. The van der Waals surface area contributed by atoms with Crippen LogP contribution in [0.2, 0.25) is 0 Å². The first-order valence-electron chi connectivity index (χ1n) is 8.20. The molecule has 0 saturated carbocycles. The average Bonchev–Trinajstić information content (AvgIpc) is 2.55. The van der Waals surface area contributed by atoms with Crippen molar-refractivity contribution in [3.8, 4) is 0 Å². The Hall–Kier alpha value is -1.36. The van der Waals surface area contributed by atoms with Gasteiger partial charge < -0.3 is 32.3 Å². The van der Waals surface area contributed by atoms with Gasteiger partial charge in [-0.15, -0.1) is 0 Å². The van der Waals surface area contributed by atoms with Crippen LogP contribution in [0.4, 0.5) is 0 Å². The van der Waals surface area contributed by atoms with Crippen molar-refractivity contribution < 1.29 is 24.6 Å². The zero-order valence-corrected chi connectivity index (χ0v) is 15.6. The van der Waals surface area contributed by atoms with Crippen molar-refractivity contribution >= 4 is 29.5 Å². The van der Waals surface area contributed by atoms with E-state index in [9.17, 15) is 19.5 Å². The van der Waals surface area contributed by atoms with Crippen LogP contribution in [-0.2, 0) is 14.4 Å². The molecule has 0 saturated heterocycles. The van der Waals surface area contributed by atoms with E-state index in [1.807, 2.05) is 6.26 Å². The molecule has 0 spiro atoms. The molecule has 9 nitrogen and oxygen atoms in total. The summed E-state index contributed by atoms with van der Waals surface area (Å²) in [6.07, 6.45) is 2.82. The van der Waals surface area contributed by atoms with Gasteiger partial charge >= 0.3 is 5.97 Å². The summed E-state index contributed by atoms with van der Waals surface area (Å²) >= 11 is 1.49. The number of carbonyl (C=O) groups excluding carboxylic acids is 2. The molecule has 0 bridgehead atoms. The van der Waals surface area contributed by atoms with E-state index in [0.717, 1.165) is 6.42 Å². The summed E-state index contributed by atoms with van der Waals surface area (Å²) in [6.45, 7) is 1.78. The van der Waals surface area contributed by atoms with Crippen molar-refractivity contribution in [2.24, 2.45) is 11.5 Å². The standard InChI is InChI=1S/C15H30N4O5S/c1-9(20)12(15(23)24)19-14(22)11(6-8-25-2)18-13(21)10(17)5-3-4-7-16/h9-12,20H,3-8,16-17H2,1-2H3,(H,18,21)(H,19,22)(H,23,24). The van der Waals surface area contributed by atoms with E-state index in [2.05, 4.69) is 10.6 Å². The minimum Gasteiger partial charge on any atom is -0.480 e. The number of thioether (sulfide) groups is 1. The number of aliphatic hydroxyl groups excluding tert-OH is 1. The summed E-state index contributed by atoms with van der Waals surface area (Å²) in [5.41, 5.74) is 11.2. The van der Waals surface area contributed by atoms with Crippen molar-refractivity contribution in [1.29, 1.82) is 0 Å². The van der Waals surface area contributed by atoms with E-state index in [1.54, 1.807) is 0 Å². The van der Waals surface area contributed by atoms with Gasteiger partial charge in [-0.3, -0.25) is 9.59 Å². The second-order valence-electron chi connectivity index (χ2n) is 5.80. The minimum absolute atomic E-state index is 0.320. The molecule has 0 aromatic carbocycles. The van der Waals surface area contributed by atoms with Crippen molar-refractivity contribution in [3.63, 3.8) is 0 Å². The SMILES string of the molecule is CSCCC(NC(=O)C(N)CCCCN)C(=O)NC(C(=O)O)C(C)O. The summed E-state index contributed by atoms with van der Waals surface area (Å²) in [5.74, 6) is -1.89. The lowest BCUT2D eigenvalue weighted by Crippen LogP contribution is -2.56. The molecule has 0 aliphatic rings. The van der Waals surface area contributed by atoms with E-state index in [4.69, 9.17) is 16.6 Å². The number of aliphatic carboxylic acids is 1. The summed E-state index contributed by atoms with van der Waals surface area (Å²) < 4.78 is 0. The Bertz CT molecular complexity index is 436. The maximum absolute atomic E-state index is 12.3. The summed E-state index contributed by atoms with van der Waals surface area (Å²) in [7, 11) is 0. The van der Waals surface area contributed by atoms with E-state index in [-0.39, 0.29) is 0 Å². The zero-order valence-electron chi connectivity index (χ0n) is 14.7. The highest BCUT2D eigenvalue weighted by atomic mass is 32.2. The smallest absolute Gasteiger partial charge is 0.328 e. The first-order chi connectivity index (χ1) is 11.7. The Labute approximate surface area is 152 Å². The lowest BCUT2D eigenvalue weighted by molar-refractivity contribution is -0.145. The number of nitrogens with two attached hydrogens (primary N) is 2. The molecule has 25 heavy (non-hydrogen) atoms. The van der Waals surface area contributed by atoms with E-state index in [0.29, 0.717) is 31.6 Å². The fraction of sp³-hybridized carbons (Fsp3) is 0.800. The van der Waals surface area contributed by atoms with Gasteiger partial charge in [-0.05, 0) is 44.7 Å². The van der Waals surface area contributed by atoms with Gasteiger partial charge in [0.1, 0.15) is 6.04 Å². The Morgan fingerprint density at radius 3 is 2.24 bits per heavy atom. The van der Waals surface area contributed by atoms with Gasteiger partial charge in [0.15, 0.2) is 6.04 Å². The molecule has 0 aromatic heterocycles. The number of amides is 2. The molecule has 0 fully saturated rings. The van der Waals surface area contributed by atoms with Crippen LogP contribution in [0, 0.1) is 0 Å². The summed E-state index contributed by atoms with van der Waals surface area (Å²) in [5, 5.41) is 23.3. The highest BCUT2D eigenvalue weighted by Crippen LogP contribution is 2.05. The third-order valence-corrected chi connectivity index (χ3v) is 4.24. The van der Waals surface area contributed by atoms with Crippen LogP contribution >= 0.6 is 11.8 Å². The molecule has 146 valence electrons. The van der Waals surface area contributed by atoms with Crippen LogP contribution in [0.15, 0.2) is 0 Å². The second kappa shape index (κ2) is 12.9. The molecule has 0 rings (SSSR count). The molecule has 10 heteroatoms. The van der Waals surface area contributed by atoms with Gasteiger partial charge in [0.25, 0.3) is 0 Å². The van der Waals surface area contributed by atoms with Crippen LogP contribution in [0.25, 0.3) is 0 Å². The largest absolute Gasteiger partial charge is 0.480 e. The van der Waals surface area contributed by atoms with Gasteiger partial charge in [0.05, 0.1) is 12.1 Å². The van der Waals surface area contributed by atoms with Gasteiger partial charge in [-0.25, -0.2) is 4.79 Å². The second-order valence-corrected chi connectivity index (χ2v) is 6.78. The molecule has 4 unspecified atom stereocenters. The van der Waals surface area contributed by atoms with Crippen LogP contribution in [0.3, 0.4) is 0 Å². The maximum atomic E-state index is 12.3. The molecule has 0 aliphatic heterocycles. The van der Waals surface area contributed by atoms with Gasteiger partial charge in [0, 0.05) is 0 Å². The number of unbranched alkanes of at least 4 members (excludes halogenated alkanes) is 1. The molecule has 0 radical (unpaired) electrons. The third kappa shape index (κ3) is 9.63. The Balaban J connectivity index is 4.83. The third-order valence-electron chi connectivity index (χ3n) is 3.60. The molecular weight excluding hydrogens is 348 g/mol. The number of hydrogen-bond acceptors (Lipinski definition) is 7. The number of carboxylic acids is 1. The lowest BCUT2D eigenvalue weighted by Gasteiger charge is -2.23. The van der Waals surface area contributed by atoms with Crippen molar-refractivity contribution in [2.75, 3.05) is 18.6 Å². The normalized spacial score (nSPS) is 15.7. The van der Waals surface area contributed by atoms with Crippen molar-refractivity contribution in [2.45, 2.75) is 56.8 Å². The van der Waals surface area contributed by atoms with Gasteiger partial charge in [0.2, 0.25) is 11.8 Å². The number of carbonyl (C=O) groups is 3. The monoisotopic (exact) mass is 378 g/mol. The Kier molecular flexibility index (Phi) is 12.2. The topological polar surface area (TPSA) is 168 Å². The predicted molar refractivity (Wildman–Crippen MR) is 97.1 cm³/mol. The van der Waals surface area contributed by atoms with Crippen molar-refractivity contribution in [3.05, 3.63) is 0 Å². The summed E-state index contributed by atoms with van der Waals surface area (Å²) in [6, 6.07) is -3.12. The Morgan fingerprint density at radius 1 is 1.12 bits per heavy atom. The van der Waals surface area contributed by atoms with E-state index < -0.39 is 42.0 Å². The molecule has 2 amide bonds. The number of hydrogen-bond donors (Lipinski definition) is 6. The first-order valence-corrected chi connectivity index (χ1v) is 9.60. The lowest BCUT2D eigenvalue weighted by atomic mass is 10.1. The van der Waals surface area contributed by atoms with Crippen LogP contribution < -0.4 is 22.1 Å². The molecule has 0 aromatic rings. The number of carboxylic acid groups (broad SMARTS) is 1. The first kappa shape index (κ1) is 23.6. The van der Waals surface area contributed by atoms with Gasteiger partial charge in [-0.1, -0.05) is 6.42 Å². The van der Waals surface area contributed by atoms with Crippen molar-refractivity contribution in [1.82, 2.24) is 10.6 Å². The fourth-order valence-electron chi connectivity index (χ4n) is 2.07. The molecule has 4 atom stereocenters. The number of aliphatic hydroxyl groups is 1. The molecule has 0 heterocycles. The van der Waals surface area contributed by atoms with E-state index in [1.165, 1.54) is 18.7 Å². The summed E-state index contributed by atoms with van der Waals surface area (Å²) in [4.78, 5) is 35.6. The van der Waals surface area contributed by atoms with Crippen LogP contribution in [-0.4, -0.2) is 70.8 Å².